The smallest absolute Gasteiger partial charge is 0.325 e. The number of thiophene rings is 1. The normalized spacial score (nSPS) is 10.5. The zero-order valence-corrected chi connectivity index (χ0v) is 15.0. The van der Waals surface area contributed by atoms with E-state index in [1.807, 2.05) is 5.38 Å². The Kier molecular flexibility index (Phi) is 5.14. The highest BCUT2D eigenvalue weighted by atomic mass is 35.5. The van der Waals surface area contributed by atoms with Crippen LogP contribution in [0.3, 0.4) is 0 Å². The Morgan fingerprint density at radius 2 is 2.04 bits per heavy atom. The fourth-order valence-corrected chi connectivity index (χ4v) is 3.02. The number of carbonyl (C=O) groups excluding carboxylic acids is 2. The van der Waals surface area contributed by atoms with Crippen LogP contribution in [-0.2, 0) is 16.1 Å². The van der Waals surface area contributed by atoms with Gasteiger partial charge in [-0.2, -0.15) is 9.36 Å². The summed E-state index contributed by atoms with van der Waals surface area (Å²) in [5, 5.41) is 15.3. The molecular formula is C15H13ClN6O3S. The lowest BCUT2D eigenvalue weighted by Gasteiger charge is -2.08. The number of rotatable bonds is 5. The second-order valence-corrected chi connectivity index (χ2v) is 6.54. The molecule has 134 valence electrons. The molecule has 11 heteroatoms. The second kappa shape index (κ2) is 7.50. The highest BCUT2D eigenvalue weighted by Gasteiger charge is 2.13. The largest absolute Gasteiger partial charge is 0.369 e. The van der Waals surface area contributed by atoms with Crippen molar-refractivity contribution in [2.75, 3.05) is 10.6 Å². The molecule has 3 aromatic rings. The Labute approximate surface area is 156 Å². The van der Waals surface area contributed by atoms with E-state index in [0.717, 1.165) is 9.36 Å². The van der Waals surface area contributed by atoms with Crippen LogP contribution in [-0.4, -0.2) is 31.6 Å². The molecular weight excluding hydrogens is 380 g/mol. The summed E-state index contributed by atoms with van der Waals surface area (Å²) in [5.41, 5.74) is 0.349. The Bertz CT molecular complexity index is 1010. The molecule has 0 bridgehead atoms. The van der Waals surface area contributed by atoms with Gasteiger partial charge >= 0.3 is 5.69 Å². The van der Waals surface area contributed by atoms with Crippen molar-refractivity contribution in [1.29, 1.82) is 0 Å². The van der Waals surface area contributed by atoms with Crippen LogP contribution in [0.4, 0.5) is 11.4 Å². The van der Waals surface area contributed by atoms with Crippen LogP contribution in [0.1, 0.15) is 6.92 Å². The molecule has 2 heterocycles. The predicted octanol–water partition coefficient (Wildman–Crippen LogP) is 1.74. The summed E-state index contributed by atoms with van der Waals surface area (Å²) in [6.07, 6.45) is 0. The van der Waals surface area contributed by atoms with Gasteiger partial charge in [0.05, 0.1) is 10.7 Å². The number of carbonyl (C=O) groups is 2. The zero-order valence-electron chi connectivity index (χ0n) is 13.5. The van der Waals surface area contributed by atoms with Crippen LogP contribution in [0.5, 0.6) is 0 Å². The molecule has 1 aromatic carbocycles. The highest BCUT2D eigenvalue weighted by Crippen LogP contribution is 2.25. The molecule has 0 aliphatic rings. The number of hydrogen-bond donors (Lipinski definition) is 2. The van der Waals surface area contributed by atoms with Crippen LogP contribution < -0.4 is 16.3 Å². The molecule has 26 heavy (non-hydrogen) atoms. The third kappa shape index (κ3) is 3.98. The minimum absolute atomic E-state index is 0.253. The Hall–Kier alpha value is -2.98. The number of amides is 2. The number of nitrogens with one attached hydrogen (secondary N) is 2. The monoisotopic (exact) mass is 392 g/mol. The lowest BCUT2D eigenvalue weighted by atomic mass is 10.2. The molecule has 0 fully saturated rings. The van der Waals surface area contributed by atoms with E-state index in [0.29, 0.717) is 16.4 Å². The van der Waals surface area contributed by atoms with Gasteiger partial charge in [-0.1, -0.05) is 11.6 Å². The average Bonchev–Trinajstić information content (AvgIpc) is 3.20. The van der Waals surface area contributed by atoms with Crippen molar-refractivity contribution in [2.24, 2.45) is 0 Å². The quantitative estimate of drug-likeness (QED) is 0.687. The molecule has 0 aliphatic carbocycles. The van der Waals surface area contributed by atoms with Gasteiger partial charge in [0.25, 0.3) is 0 Å². The third-order valence-corrected chi connectivity index (χ3v) is 4.37. The fourth-order valence-electron chi connectivity index (χ4n) is 2.12. The molecule has 0 unspecified atom stereocenters. The van der Waals surface area contributed by atoms with E-state index in [1.165, 1.54) is 24.3 Å². The maximum Gasteiger partial charge on any atom is 0.369 e. The molecule has 2 aromatic heterocycles. The first-order valence-corrected chi connectivity index (χ1v) is 8.63. The molecule has 2 N–H and O–H groups in total. The number of tetrazole rings is 1. The van der Waals surface area contributed by atoms with Crippen LogP contribution in [0.15, 0.2) is 40.5 Å². The molecule has 9 nitrogen and oxygen atoms in total. The second-order valence-electron chi connectivity index (χ2n) is 5.21. The molecule has 0 aliphatic heterocycles. The Balaban J connectivity index is 1.69. The van der Waals surface area contributed by atoms with E-state index >= 15 is 0 Å². The van der Waals surface area contributed by atoms with Crippen molar-refractivity contribution >= 4 is 46.1 Å². The van der Waals surface area contributed by atoms with E-state index in [-0.39, 0.29) is 17.5 Å². The van der Waals surface area contributed by atoms with E-state index in [1.54, 1.807) is 24.3 Å². The average molecular weight is 393 g/mol. The van der Waals surface area contributed by atoms with Crippen LogP contribution in [0.25, 0.3) is 5.00 Å². The number of benzene rings is 1. The van der Waals surface area contributed by atoms with Gasteiger partial charge in [0.15, 0.2) is 0 Å². The number of halogens is 1. The number of hydrogen-bond acceptors (Lipinski definition) is 6. The predicted molar refractivity (Wildman–Crippen MR) is 97.9 cm³/mol. The Morgan fingerprint density at radius 1 is 1.23 bits per heavy atom. The van der Waals surface area contributed by atoms with Crippen molar-refractivity contribution in [1.82, 2.24) is 19.8 Å². The van der Waals surface area contributed by atoms with Gasteiger partial charge in [-0.05, 0) is 46.1 Å². The molecule has 0 spiro atoms. The van der Waals surface area contributed by atoms with E-state index in [2.05, 4.69) is 21.1 Å². The maximum atomic E-state index is 12.2. The number of anilines is 2. The Morgan fingerprint density at radius 3 is 2.69 bits per heavy atom. The summed E-state index contributed by atoms with van der Waals surface area (Å²) in [6, 6.07) is 8.16. The molecule has 3 rings (SSSR count). The lowest BCUT2D eigenvalue weighted by molar-refractivity contribution is -0.117. The van der Waals surface area contributed by atoms with Crippen molar-refractivity contribution in [3.8, 4) is 5.00 Å². The summed E-state index contributed by atoms with van der Waals surface area (Å²) in [7, 11) is 0. The fraction of sp³-hybridized carbons (Fsp3) is 0.133. The standard InChI is InChI=1S/C15H13ClN6O3S/c1-9(23)17-12-5-4-10(7-11(12)16)18-13(24)8-21-15(25)22(20-19-21)14-3-2-6-26-14/h2-7H,8H2,1H3,(H,17,23)(H,18,24). The number of aromatic nitrogens is 4. The van der Waals surface area contributed by atoms with Crippen molar-refractivity contribution in [3.63, 3.8) is 0 Å². The van der Waals surface area contributed by atoms with Crippen LogP contribution in [0.2, 0.25) is 5.02 Å². The van der Waals surface area contributed by atoms with Gasteiger partial charge in [0, 0.05) is 12.6 Å². The summed E-state index contributed by atoms with van der Waals surface area (Å²) in [5.74, 6) is -0.717. The molecule has 0 atom stereocenters. The third-order valence-electron chi connectivity index (χ3n) is 3.21. The van der Waals surface area contributed by atoms with Gasteiger partial charge in [-0.25, -0.2) is 4.79 Å². The minimum Gasteiger partial charge on any atom is -0.325 e. The number of nitrogens with zero attached hydrogens (tertiary/aromatic N) is 4. The van der Waals surface area contributed by atoms with Crippen molar-refractivity contribution < 1.29 is 9.59 Å². The van der Waals surface area contributed by atoms with Gasteiger partial charge in [0.1, 0.15) is 11.5 Å². The first-order chi connectivity index (χ1) is 12.4. The van der Waals surface area contributed by atoms with Crippen molar-refractivity contribution in [3.05, 3.63) is 51.2 Å². The first-order valence-electron chi connectivity index (χ1n) is 7.38. The van der Waals surface area contributed by atoms with Crippen molar-refractivity contribution in [2.45, 2.75) is 13.5 Å². The molecule has 0 radical (unpaired) electrons. The summed E-state index contributed by atoms with van der Waals surface area (Å²) in [4.78, 5) is 35.4. The van der Waals surface area contributed by atoms with Crippen LogP contribution >= 0.6 is 22.9 Å². The van der Waals surface area contributed by atoms with E-state index < -0.39 is 11.6 Å². The van der Waals surface area contributed by atoms with E-state index in [9.17, 15) is 14.4 Å². The summed E-state index contributed by atoms with van der Waals surface area (Å²) >= 11 is 7.39. The summed E-state index contributed by atoms with van der Waals surface area (Å²) in [6.45, 7) is 1.07. The molecule has 2 amide bonds. The zero-order chi connectivity index (χ0) is 18.7. The van der Waals surface area contributed by atoms with Gasteiger partial charge < -0.3 is 10.6 Å². The SMILES string of the molecule is CC(=O)Nc1ccc(NC(=O)Cn2nnn(-c3cccs3)c2=O)cc1Cl. The maximum absolute atomic E-state index is 12.2. The lowest BCUT2D eigenvalue weighted by Crippen LogP contribution is -2.29. The van der Waals surface area contributed by atoms with Gasteiger partial charge in [-0.15, -0.1) is 11.3 Å². The summed E-state index contributed by atoms with van der Waals surface area (Å²) < 4.78 is 2.08. The van der Waals surface area contributed by atoms with Crippen LogP contribution in [0, 0.1) is 0 Å². The molecule has 0 saturated carbocycles. The topological polar surface area (TPSA) is 111 Å². The van der Waals surface area contributed by atoms with E-state index in [4.69, 9.17) is 11.6 Å². The van der Waals surface area contributed by atoms with Gasteiger partial charge in [-0.3, -0.25) is 9.59 Å². The molecule has 0 saturated heterocycles. The highest BCUT2D eigenvalue weighted by molar-refractivity contribution is 7.12. The van der Waals surface area contributed by atoms with Gasteiger partial charge in [0.2, 0.25) is 11.8 Å². The first kappa shape index (κ1) is 17.8. The minimum atomic E-state index is -0.512.